The standard InChI is InChI=1S/C16H16ClN5O2S/c1-16(2,3)22-25(23,24)21-14(11-5-4-6-12(17)9-11)15-13(10-18)19-7-8-20-15/h4-9,22H,1-3H3. The first kappa shape index (κ1) is 19.0. The Hall–Kier alpha value is -2.34. The van der Waals surface area contributed by atoms with Crippen molar-refractivity contribution in [3.63, 3.8) is 0 Å². The maximum atomic E-state index is 12.4. The highest BCUT2D eigenvalue weighted by molar-refractivity contribution is 7.88. The van der Waals surface area contributed by atoms with Gasteiger partial charge in [-0.15, -0.1) is 4.40 Å². The lowest BCUT2D eigenvalue weighted by Crippen LogP contribution is -2.40. The fourth-order valence-corrected chi connectivity index (χ4v) is 3.43. The SMILES string of the molecule is CC(C)(C)NS(=O)(=O)N=C(c1cccc(Cl)c1)c1nccnc1C#N. The van der Waals surface area contributed by atoms with Crippen LogP contribution in [0, 0.1) is 11.3 Å². The summed E-state index contributed by atoms with van der Waals surface area (Å²) in [6, 6.07) is 8.37. The predicted octanol–water partition coefficient (Wildman–Crippen LogP) is 2.47. The van der Waals surface area contributed by atoms with E-state index in [1.54, 1.807) is 45.0 Å². The second-order valence-corrected chi connectivity index (χ2v) is 7.92. The van der Waals surface area contributed by atoms with E-state index in [4.69, 9.17) is 11.6 Å². The van der Waals surface area contributed by atoms with Gasteiger partial charge in [-0.05, 0) is 32.9 Å². The number of nitriles is 1. The minimum Gasteiger partial charge on any atom is -0.250 e. The number of rotatable bonds is 4. The Balaban J connectivity index is 2.70. The van der Waals surface area contributed by atoms with E-state index in [2.05, 4.69) is 19.1 Å². The zero-order chi connectivity index (χ0) is 18.7. The molecule has 0 saturated carbocycles. The van der Waals surface area contributed by atoms with Crippen LogP contribution in [0.3, 0.4) is 0 Å². The van der Waals surface area contributed by atoms with Crippen LogP contribution < -0.4 is 4.72 Å². The molecule has 1 heterocycles. The summed E-state index contributed by atoms with van der Waals surface area (Å²) in [6.45, 7) is 5.09. The van der Waals surface area contributed by atoms with Crippen LogP contribution in [0.1, 0.15) is 37.7 Å². The third-order valence-corrected chi connectivity index (χ3v) is 4.30. The molecule has 0 saturated heterocycles. The molecule has 7 nitrogen and oxygen atoms in total. The van der Waals surface area contributed by atoms with E-state index in [0.717, 1.165) is 0 Å². The Labute approximate surface area is 151 Å². The van der Waals surface area contributed by atoms with Crippen molar-refractivity contribution in [1.82, 2.24) is 14.7 Å². The summed E-state index contributed by atoms with van der Waals surface area (Å²) in [5.74, 6) is 0. The molecule has 0 aliphatic carbocycles. The lowest BCUT2D eigenvalue weighted by atomic mass is 10.1. The Bertz CT molecular complexity index is 959. The van der Waals surface area contributed by atoms with Gasteiger partial charge in [0.25, 0.3) is 0 Å². The molecule has 1 N–H and O–H groups in total. The number of aromatic nitrogens is 2. The van der Waals surface area contributed by atoms with Crippen molar-refractivity contribution in [3.8, 4) is 6.07 Å². The Morgan fingerprint density at radius 1 is 1.28 bits per heavy atom. The molecule has 0 radical (unpaired) electrons. The fourth-order valence-electron chi connectivity index (χ4n) is 1.99. The molecule has 0 aliphatic heterocycles. The van der Waals surface area contributed by atoms with Crippen LogP contribution in [0.25, 0.3) is 0 Å². The number of benzene rings is 1. The van der Waals surface area contributed by atoms with Crippen LogP contribution in [-0.2, 0) is 10.2 Å². The highest BCUT2D eigenvalue weighted by Gasteiger charge is 2.23. The number of hydrogen-bond donors (Lipinski definition) is 1. The van der Waals surface area contributed by atoms with Crippen molar-refractivity contribution in [1.29, 1.82) is 5.26 Å². The van der Waals surface area contributed by atoms with Gasteiger partial charge in [-0.1, -0.05) is 23.7 Å². The largest absolute Gasteiger partial charge is 0.320 e. The third kappa shape index (κ3) is 5.32. The quantitative estimate of drug-likeness (QED) is 0.823. The molecule has 2 aromatic rings. The van der Waals surface area contributed by atoms with Gasteiger partial charge >= 0.3 is 10.2 Å². The molecule has 0 spiro atoms. The maximum absolute atomic E-state index is 12.4. The number of nitrogens with one attached hydrogen (secondary N) is 1. The van der Waals surface area contributed by atoms with Crippen molar-refractivity contribution in [2.75, 3.05) is 0 Å². The fraction of sp³-hybridized carbons (Fsp3) is 0.250. The Morgan fingerprint density at radius 3 is 2.56 bits per heavy atom. The summed E-state index contributed by atoms with van der Waals surface area (Å²) in [5.41, 5.74) is -0.297. The summed E-state index contributed by atoms with van der Waals surface area (Å²) < 4.78 is 31.1. The van der Waals surface area contributed by atoms with Gasteiger partial charge in [-0.2, -0.15) is 18.4 Å². The molecule has 0 unspecified atom stereocenters. The van der Waals surface area contributed by atoms with Gasteiger partial charge in [-0.3, -0.25) is 0 Å². The van der Waals surface area contributed by atoms with Crippen LogP contribution in [0.4, 0.5) is 0 Å². The molecule has 25 heavy (non-hydrogen) atoms. The van der Waals surface area contributed by atoms with Gasteiger partial charge in [-0.25, -0.2) is 9.97 Å². The summed E-state index contributed by atoms with van der Waals surface area (Å²) in [7, 11) is -4.05. The van der Waals surface area contributed by atoms with E-state index >= 15 is 0 Å². The van der Waals surface area contributed by atoms with Crippen molar-refractivity contribution in [3.05, 3.63) is 58.6 Å². The molecule has 0 aliphatic rings. The highest BCUT2D eigenvalue weighted by Crippen LogP contribution is 2.17. The van der Waals surface area contributed by atoms with Crippen molar-refractivity contribution < 1.29 is 8.42 Å². The third-order valence-electron chi connectivity index (χ3n) is 2.77. The van der Waals surface area contributed by atoms with E-state index in [1.165, 1.54) is 12.4 Å². The first-order valence-electron chi connectivity index (χ1n) is 7.22. The molecule has 9 heteroatoms. The molecule has 0 amide bonds. The molecular weight excluding hydrogens is 362 g/mol. The highest BCUT2D eigenvalue weighted by atomic mass is 35.5. The molecule has 0 atom stereocenters. The number of hydrogen-bond acceptors (Lipinski definition) is 5. The van der Waals surface area contributed by atoms with E-state index in [0.29, 0.717) is 10.6 Å². The van der Waals surface area contributed by atoms with Gasteiger partial charge in [0.1, 0.15) is 17.5 Å². The molecular formula is C16H16ClN5O2S. The molecule has 0 bridgehead atoms. The average Bonchev–Trinajstić information content (AvgIpc) is 2.50. The predicted molar refractivity (Wildman–Crippen MR) is 95.6 cm³/mol. The molecule has 2 rings (SSSR count). The lowest BCUT2D eigenvalue weighted by molar-refractivity contribution is 0.492. The summed E-state index contributed by atoms with van der Waals surface area (Å²) in [5, 5.41) is 9.65. The van der Waals surface area contributed by atoms with E-state index in [1.807, 2.05) is 6.07 Å². The number of nitrogens with zero attached hydrogens (tertiary/aromatic N) is 4. The smallest absolute Gasteiger partial charge is 0.250 e. The number of halogens is 1. The summed E-state index contributed by atoms with van der Waals surface area (Å²) >= 11 is 6.01. The second-order valence-electron chi connectivity index (χ2n) is 6.14. The monoisotopic (exact) mass is 377 g/mol. The minimum absolute atomic E-state index is 0.0103. The summed E-state index contributed by atoms with van der Waals surface area (Å²) in [6.07, 6.45) is 2.71. The van der Waals surface area contributed by atoms with E-state index in [-0.39, 0.29) is 17.1 Å². The van der Waals surface area contributed by atoms with Crippen molar-refractivity contribution >= 4 is 27.5 Å². The first-order valence-corrected chi connectivity index (χ1v) is 9.04. The van der Waals surface area contributed by atoms with Gasteiger partial charge in [0.2, 0.25) is 0 Å². The van der Waals surface area contributed by atoms with Crippen LogP contribution >= 0.6 is 11.6 Å². The summed E-state index contributed by atoms with van der Waals surface area (Å²) in [4.78, 5) is 8.00. The van der Waals surface area contributed by atoms with Crippen LogP contribution in [0.15, 0.2) is 41.1 Å². The lowest BCUT2D eigenvalue weighted by Gasteiger charge is -2.18. The Kier molecular flexibility index (Phi) is 5.52. The average molecular weight is 378 g/mol. The normalized spacial score (nSPS) is 12.7. The van der Waals surface area contributed by atoms with Crippen LogP contribution in [0.5, 0.6) is 0 Å². The Morgan fingerprint density at radius 2 is 1.96 bits per heavy atom. The first-order chi connectivity index (χ1) is 11.6. The minimum atomic E-state index is -4.05. The second kappa shape index (κ2) is 7.27. The zero-order valence-corrected chi connectivity index (χ0v) is 15.4. The molecule has 1 aromatic carbocycles. The molecule has 130 valence electrons. The topological polar surface area (TPSA) is 108 Å². The van der Waals surface area contributed by atoms with Crippen LogP contribution in [0.2, 0.25) is 5.02 Å². The van der Waals surface area contributed by atoms with Crippen LogP contribution in [-0.4, -0.2) is 29.6 Å². The van der Waals surface area contributed by atoms with Gasteiger partial charge in [0.05, 0.1) is 0 Å². The zero-order valence-electron chi connectivity index (χ0n) is 13.9. The van der Waals surface area contributed by atoms with Crippen molar-refractivity contribution in [2.24, 2.45) is 4.40 Å². The van der Waals surface area contributed by atoms with Gasteiger partial charge in [0, 0.05) is 28.5 Å². The van der Waals surface area contributed by atoms with E-state index in [9.17, 15) is 13.7 Å². The van der Waals surface area contributed by atoms with E-state index < -0.39 is 15.7 Å². The molecule has 0 fully saturated rings. The molecule has 1 aromatic heterocycles. The van der Waals surface area contributed by atoms with Gasteiger partial charge in [0.15, 0.2) is 5.69 Å². The van der Waals surface area contributed by atoms with Gasteiger partial charge < -0.3 is 0 Å². The van der Waals surface area contributed by atoms with Crippen molar-refractivity contribution in [2.45, 2.75) is 26.3 Å². The maximum Gasteiger partial charge on any atom is 0.320 e.